The van der Waals surface area contributed by atoms with E-state index >= 15 is 0 Å². The first-order valence-corrected chi connectivity index (χ1v) is 11.1. The van der Waals surface area contributed by atoms with Crippen molar-refractivity contribution in [1.29, 1.82) is 0 Å². The Kier molecular flexibility index (Phi) is 4.84. The van der Waals surface area contributed by atoms with Gasteiger partial charge in [0.15, 0.2) is 0 Å². The Morgan fingerprint density at radius 3 is 2.86 bits per heavy atom. The second kappa shape index (κ2) is 7.64. The number of rotatable bonds is 5. The molecule has 4 nitrogen and oxygen atoms in total. The third kappa shape index (κ3) is 3.44. The minimum absolute atomic E-state index is 0.164. The van der Waals surface area contributed by atoms with Crippen LogP contribution in [-0.4, -0.2) is 34.5 Å². The maximum atomic E-state index is 13.6. The Labute approximate surface area is 175 Å². The molecule has 0 radical (unpaired) electrons. The first-order valence-electron chi connectivity index (χ1n) is 10.2. The molecule has 1 amide bonds. The maximum absolute atomic E-state index is 13.6. The van der Waals surface area contributed by atoms with Crippen LogP contribution in [0.25, 0.3) is 10.4 Å². The molecule has 148 valence electrons. The number of nitrogens with zero attached hydrogens (tertiary/aromatic N) is 2. The van der Waals surface area contributed by atoms with Crippen molar-refractivity contribution >= 4 is 17.2 Å². The summed E-state index contributed by atoms with van der Waals surface area (Å²) in [6.07, 6.45) is 5.00. The van der Waals surface area contributed by atoms with Gasteiger partial charge in [-0.3, -0.25) is 4.79 Å². The van der Waals surface area contributed by atoms with Crippen LogP contribution in [0.15, 0.2) is 60.1 Å². The van der Waals surface area contributed by atoms with Crippen molar-refractivity contribution in [3.63, 3.8) is 0 Å². The van der Waals surface area contributed by atoms with E-state index in [4.69, 9.17) is 4.74 Å². The zero-order chi connectivity index (χ0) is 19.8. The lowest BCUT2D eigenvalue weighted by Gasteiger charge is -2.25. The molecule has 2 fully saturated rings. The monoisotopic (exact) mass is 404 g/mol. The first-order chi connectivity index (χ1) is 14.2. The van der Waals surface area contributed by atoms with Crippen molar-refractivity contribution in [2.24, 2.45) is 5.92 Å². The third-order valence-electron chi connectivity index (χ3n) is 6.17. The molecule has 5 rings (SSSR count). The predicted octanol–water partition coefficient (Wildman–Crippen LogP) is 5.19. The molecule has 2 saturated heterocycles. The summed E-state index contributed by atoms with van der Waals surface area (Å²) in [6.45, 7) is 2.64. The van der Waals surface area contributed by atoms with Crippen LogP contribution in [0.5, 0.6) is 5.88 Å². The summed E-state index contributed by atoms with van der Waals surface area (Å²) in [4.78, 5) is 21.2. The largest absolute Gasteiger partial charge is 0.477 e. The van der Waals surface area contributed by atoms with Gasteiger partial charge in [0.1, 0.15) is 0 Å². The van der Waals surface area contributed by atoms with Gasteiger partial charge in [0.25, 0.3) is 5.91 Å². The number of benzene rings is 1. The number of hydrogen-bond donors (Lipinski definition) is 0. The van der Waals surface area contributed by atoms with Crippen molar-refractivity contribution < 1.29 is 9.53 Å². The topological polar surface area (TPSA) is 42.4 Å². The normalized spacial score (nSPS) is 22.8. The number of fused-ring (bicyclic) bond motifs is 2. The smallest absolute Gasteiger partial charge is 0.255 e. The van der Waals surface area contributed by atoms with E-state index in [1.807, 2.05) is 49.5 Å². The number of aryl methyl sites for hydroxylation is 1. The van der Waals surface area contributed by atoms with Gasteiger partial charge in [-0.05, 0) is 49.3 Å². The van der Waals surface area contributed by atoms with Crippen LogP contribution in [0, 0.1) is 12.8 Å². The molecule has 29 heavy (non-hydrogen) atoms. The lowest BCUT2D eigenvalue weighted by atomic mass is 9.90. The quantitative estimate of drug-likeness (QED) is 0.588. The Balaban J connectivity index is 1.34. The van der Waals surface area contributed by atoms with Crippen LogP contribution >= 0.6 is 11.3 Å². The molecular formula is C24H24N2O2S. The summed E-state index contributed by atoms with van der Waals surface area (Å²) in [5.41, 5.74) is 2.97. The number of ether oxygens (including phenoxy) is 1. The molecule has 3 aromatic rings. The zero-order valence-electron chi connectivity index (χ0n) is 16.5. The molecule has 2 aliphatic rings. The lowest BCUT2D eigenvalue weighted by Crippen LogP contribution is -2.37. The summed E-state index contributed by atoms with van der Waals surface area (Å²) < 4.78 is 5.97. The highest BCUT2D eigenvalue weighted by molar-refractivity contribution is 7.13. The van der Waals surface area contributed by atoms with Gasteiger partial charge in [-0.2, -0.15) is 0 Å². The van der Waals surface area contributed by atoms with Crippen LogP contribution in [0.4, 0.5) is 0 Å². The lowest BCUT2D eigenvalue weighted by molar-refractivity contribution is 0.0710. The van der Waals surface area contributed by atoms with Crippen LogP contribution in [0.1, 0.15) is 35.2 Å². The highest BCUT2D eigenvalue weighted by Crippen LogP contribution is 2.43. The van der Waals surface area contributed by atoms with Gasteiger partial charge in [-0.25, -0.2) is 4.98 Å². The summed E-state index contributed by atoms with van der Waals surface area (Å²) in [6, 6.07) is 16.6. The fourth-order valence-electron chi connectivity index (χ4n) is 4.80. The second-order valence-electron chi connectivity index (χ2n) is 8.01. The van der Waals surface area contributed by atoms with Crippen LogP contribution in [0.3, 0.4) is 0 Å². The fourth-order valence-corrected chi connectivity index (χ4v) is 5.56. The Morgan fingerprint density at radius 2 is 2.07 bits per heavy atom. The van der Waals surface area contributed by atoms with Gasteiger partial charge in [0, 0.05) is 46.3 Å². The average Bonchev–Trinajstić information content (AvgIpc) is 3.49. The molecule has 3 unspecified atom stereocenters. The molecule has 4 heterocycles. The van der Waals surface area contributed by atoms with Gasteiger partial charge < -0.3 is 9.64 Å². The van der Waals surface area contributed by atoms with Crippen molar-refractivity contribution in [1.82, 2.24) is 9.88 Å². The van der Waals surface area contributed by atoms with Gasteiger partial charge in [0.2, 0.25) is 5.88 Å². The molecule has 2 bridgehead atoms. The summed E-state index contributed by atoms with van der Waals surface area (Å²) >= 11 is 1.68. The van der Waals surface area contributed by atoms with E-state index in [1.165, 1.54) is 0 Å². The molecule has 1 aromatic carbocycles. The number of aromatic nitrogens is 1. The molecule has 0 N–H and O–H groups in total. The highest BCUT2D eigenvalue weighted by atomic mass is 32.1. The number of pyridine rings is 1. The molecule has 0 saturated carbocycles. The minimum atomic E-state index is 0.164. The molecule has 5 heteroatoms. The van der Waals surface area contributed by atoms with Crippen molar-refractivity contribution in [3.05, 3.63) is 71.2 Å². The third-order valence-corrected chi connectivity index (χ3v) is 7.08. The van der Waals surface area contributed by atoms with Gasteiger partial charge >= 0.3 is 0 Å². The van der Waals surface area contributed by atoms with E-state index in [0.717, 1.165) is 40.8 Å². The average molecular weight is 405 g/mol. The van der Waals surface area contributed by atoms with Crippen LogP contribution < -0.4 is 4.74 Å². The minimum Gasteiger partial charge on any atom is -0.477 e. The van der Waals surface area contributed by atoms with Crippen LogP contribution in [0.2, 0.25) is 0 Å². The van der Waals surface area contributed by atoms with E-state index < -0.39 is 0 Å². The Bertz CT molecular complexity index is 1000. The Hall–Kier alpha value is -2.66. The molecule has 3 atom stereocenters. The van der Waals surface area contributed by atoms with Crippen molar-refractivity contribution in [3.8, 4) is 16.3 Å². The van der Waals surface area contributed by atoms with E-state index in [2.05, 4.69) is 27.4 Å². The summed E-state index contributed by atoms with van der Waals surface area (Å²) in [7, 11) is 0. The van der Waals surface area contributed by atoms with Crippen LogP contribution in [-0.2, 0) is 0 Å². The zero-order valence-corrected chi connectivity index (χ0v) is 17.3. The van der Waals surface area contributed by atoms with E-state index in [0.29, 0.717) is 24.4 Å². The van der Waals surface area contributed by atoms with E-state index in [1.54, 1.807) is 11.3 Å². The van der Waals surface area contributed by atoms with Crippen molar-refractivity contribution in [2.45, 2.75) is 38.3 Å². The number of carbonyl (C=O) groups is 1. The maximum Gasteiger partial charge on any atom is 0.255 e. The van der Waals surface area contributed by atoms with Gasteiger partial charge in [-0.15, -0.1) is 11.3 Å². The number of carbonyl (C=O) groups excluding carboxylic acids is 1. The molecule has 0 spiro atoms. The first kappa shape index (κ1) is 18.4. The van der Waals surface area contributed by atoms with E-state index in [-0.39, 0.29) is 11.9 Å². The van der Waals surface area contributed by atoms with Gasteiger partial charge in [0.05, 0.1) is 6.61 Å². The summed E-state index contributed by atoms with van der Waals surface area (Å²) in [5.74, 6) is 1.20. The highest BCUT2D eigenvalue weighted by Gasteiger charge is 2.49. The SMILES string of the molecule is Cc1ccc(OCC2CC3CCC2N3C(=O)c2ccccc2-c2cccs2)nc1. The number of hydrogen-bond acceptors (Lipinski definition) is 4. The number of amides is 1. The second-order valence-corrected chi connectivity index (χ2v) is 8.96. The van der Waals surface area contributed by atoms with Gasteiger partial charge in [-0.1, -0.05) is 30.3 Å². The van der Waals surface area contributed by atoms with Crippen molar-refractivity contribution in [2.75, 3.05) is 6.61 Å². The standard InChI is InChI=1S/C24H24N2O2S/c1-16-8-11-23(25-14-16)28-15-17-13-18-9-10-21(17)26(18)24(27)20-6-3-2-5-19(20)22-7-4-12-29-22/h2-8,11-12,14,17-18,21H,9-10,13,15H2,1H3. The Morgan fingerprint density at radius 1 is 1.17 bits per heavy atom. The molecular weight excluding hydrogens is 380 g/mol. The molecule has 2 aliphatic heterocycles. The number of thiophene rings is 1. The molecule has 0 aliphatic carbocycles. The molecule has 2 aromatic heterocycles. The summed E-state index contributed by atoms with van der Waals surface area (Å²) in [5, 5.41) is 2.06. The predicted molar refractivity (Wildman–Crippen MR) is 115 cm³/mol. The van der Waals surface area contributed by atoms with E-state index in [9.17, 15) is 4.79 Å². The fraction of sp³-hybridized carbons (Fsp3) is 0.333.